The van der Waals surface area contributed by atoms with Crippen LogP contribution in [0.2, 0.25) is 0 Å². The van der Waals surface area contributed by atoms with Crippen LogP contribution in [0.15, 0.2) is 24.3 Å². The number of hydrogen-bond acceptors (Lipinski definition) is 3. The van der Waals surface area contributed by atoms with E-state index in [1.165, 1.54) is 7.11 Å². The zero-order valence-electron chi connectivity index (χ0n) is 13.5. The molecule has 1 aliphatic rings. The second-order valence-electron chi connectivity index (χ2n) is 5.96. The molecule has 0 aromatic heterocycles. The van der Waals surface area contributed by atoms with Crippen LogP contribution in [-0.2, 0) is 9.53 Å². The summed E-state index contributed by atoms with van der Waals surface area (Å²) in [7, 11) is 1.38. The van der Waals surface area contributed by atoms with E-state index in [9.17, 15) is 9.59 Å². The molecule has 0 atom stereocenters. The van der Waals surface area contributed by atoms with Crippen LogP contribution in [0.4, 0.5) is 10.5 Å². The van der Waals surface area contributed by atoms with E-state index in [1.807, 2.05) is 24.3 Å². The summed E-state index contributed by atoms with van der Waals surface area (Å²) in [6.07, 6.45) is 1.03. The van der Waals surface area contributed by atoms with Crippen LogP contribution in [0.5, 0.6) is 0 Å². The highest BCUT2D eigenvalue weighted by molar-refractivity contribution is 5.93. The third-order valence-electron chi connectivity index (χ3n) is 4.14. The van der Waals surface area contributed by atoms with Gasteiger partial charge in [-0.2, -0.15) is 0 Å². The van der Waals surface area contributed by atoms with Gasteiger partial charge < -0.3 is 15.0 Å². The molecule has 1 aliphatic heterocycles. The first-order valence-electron chi connectivity index (χ1n) is 7.75. The molecule has 1 aromatic carbocycles. The van der Waals surface area contributed by atoms with E-state index < -0.39 is 0 Å². The summed E-state index contributed by atoms with van der Waals surface area (Å²) in [5.41, 5.74) is 2.03. The molecular weight excluding hydrogens is 280 g/mol. The highest BCUT2D eigenvalue weighted by Crippen LogP contribution is 2.26. The van der Waals surface area contributed by atoms with Crippen LogP contribution in [0.1, 0.15) is 38.2 Å². The average molecular weight is 304 g/mol. The Morgan fingerprint density at radius 2 is 1.86 bits per heavy atom. The van der Waals surface area contributed by atoms with Gasteiger partial charge in [-0.1, -0.05) is 32.0 Å². The number of carbonyl (C=O) groups is 2. The van der Waals surface area contributed by atoms with Crippen LogP contribution in [0, 0.1) is 5.92 Å². The standard InChI is InChI=1S/C17H24N2O3/c1-12(2)14-6-4-5-7-15(14)18-16(20)13-8-10-19(11-9-13)17(21)22-3/h4-7,12-13H,8-11H2,1-3H3,(H,18,20). The number of likely N-dealkylation sites (tertiary alicyclic amines) is 1. The topological polar surface area (TPSA) is 58.6 Å². The fraction of sp³-hybridized carbons (Fsp3) is 0.529. The molecule has 0 spiro atoms. The van der Waals surface area contributed by atoms with Gasteiger partial charge in [0.05, 0.1) is 7.11 Å². The molecule has 5 heteroatoms. The highest BCUT2D eigenvalue weighted by Gasteiger charge is 2.28. The van der Waals surface area contributed by atoms with Gasteiger partial charge in [-0.05, 0) is 30.4 Å². The predicted octanol–water partition coefficient (Wildman–Crippen LogP) is 3.23. The lowest BCUT2D eigenvalue weighted by Crippen LogP contribution is -2.41. The number of rotatable bonds is 3. The summed E-state index contributed by atoms with van der Waals surface area (Å²) >= 11 is 0. The minimum atomic E-state index is -0.316. The lowest BCUT2D eigenvalue weighted by Gasteiger charge is -2.30. The lowest BCUT2D eigenvalue weighted by atomic mass is 9.95. The number of anilines is 1. The Hall–Kier alpha value is -2.04. The number of benzene rings is 1. The molecule has 0 aliphatic carbocycles. The molecule has 2 amide bonds. The number of ether oxygens (including phenoxy) is 1. The first kappa shape index (κ1) is 16.3. The maximum atomic E-state index is 12.4. The molecule has 0 bridgehead atoms. The van der Waals surface area contributed by atoms with Gasteiger partial charge in [0.1, 0.15) is 0 Å². The molecule has 2 rings (SSSR count). The van der Waals surface area contributed by atoms with Gasteiger partial charge in [0.2, 0.25) is 5.91 Å². The minimum absolute atomic E-state index is 0.0395. The van der Waals surface area contributed by atoms with E-state index in [-0.39, 0.29) is 17.9 Å². The van der Waals surface area contributed by atoms with Crippen molar-refractivity contribution in [3.05, 3.63) is 29.8 Å². The van der Waals surface area contributed by atoms with E-state index >= 15 is 0 Å². The Bertz CT molecular complexity index is 534. The minimum Gasteiger partial charge on any atom is -0.453 e. The van der Waals surface area contributed by atoms with E-state index in [4.69, 9.17) is 4.74 Å². The molecule has 1 saturated heterocycles. The Morgan fingerprint density at radius 1 is 1.23 bits per heavy atom. The van der Waals surface area contributed by atoms with Crippen molar-refractivity contribution >= 4 is 17.7 Å². The van der Waals surface area contributed by atoms with Gasteiger partial charge in [-0.15, -0.1) is 0 Å². The maximum Gasteiger partial charge on any atom is 0.409 e. The number of piperidine rings is 1. The summed E-state index contributed by atoms with van der Waals surface area (Å²) < 4.78 is 4.71. The summed E-state index contributed by atoms with van der Waals surface area (Å²) in [6, 6.07) is 7.90. The van der Waals surface area contributed by atoms with Gasteiger partial charge >= 0.3 is 6.09 Å². The van der Waals surface area contributed by atoms with E-state index in [1.54, 1.807) is 4.90 Å². The largest absolute Gasteiger partial charge is 0.453 e. The first-order valence-corrected chi connectivity index (χ1v) is 7.75. The van der Waals surface area contributed by atoms with Crippen molar-refractivity contribution in [3.8, 4) is 0 Å². The molecular formula is C17H24N2O3. The van der Waals surface area contributed by atoms with Gasteiger partial charge in [0.15, 0.2) is 0 Å². The smallest absolute Gasteiger partial charge is 0.409 e. The van der Waals surface area contributed by atoms with Gasteiger partial charge in [0, 0.05) is 24.7 Å². The molecule has 120 valence electrons. The molecule has 5 nitrogen and oxygen atoms in total. The van der Waals surface area contributed by atoms with Crippen molar-refractivity contribution in [1.29, 1.82) is 0 Å². The molecule has 0 unspecified atom stereocenters. The van der Waals surface area contributed by atoms with Crippen LogP contribution in [0.3, 0.4) is 0 Å². The molecule has 22 heavy (non-hydrogen) atoms. The van der Waals surface area contributed by atoms with Gasteiger partial charge in [-0.25, -0.2) is 4.79 Å². The molecule has 1 aromatic rings. The summed E-state index contributed by atoms with van der Waals surface area (Å²) in [6.45, 7) is 5.35. The number of methoxy groups -OCH3 is 1. The SMILES string of the molecule is COC(=O)N1CCC(C(=O)Nc2ccccc2C(C)C)CC1. The lowest BCUT2D eigenvalue weighted by molar-refractivity contribution is -0.121. The number of nitrogens with one attached hydrogen (secondary N) is 1. The summed E-state index contributed by atoms with van der Waals surface area (Å²) in [5.74, 6) is 0.344. The third kappa shape index (κ3) is 3.78. The van der Waals surface area contributed by atoms with Crippen molar-refractivity contribution in [2.24, 2.45) is 5.92 Å². The second kappa shape index (κ2) is 7.29. The predicted molar refractivity (Wildman–Crippen MR) is 85.9 cm³/mol. The van der Waals surface area contributed by atoms with Gasteiger partial charge in [-0.3, -0.25) is 4.79 Å². The number of nitrogens with zero attached hydrogens (tertiary/aromatic N) is 1. The highest BCUT2D eigenvalue weighted by atomic mass is 16.5. The van der Waals surface area contributed by atoms with Crippen LogP contribution in [0.25, 0.3) is 0 Å². The number of hydrogen-bond donors (Lipinski definition) is 1. The fourth-order valence-electron chi connectivity index (χ4n) is 2.80. The maximum absolute atomic E-state index is 12.4. The first-order chi connectivity index (χ1) is 10.5. The fourth-order valence-corrected chi connectivity index (χ4v) is 2.80. The van der Waals surface area contributed by atoms with Gasteiger partial charge in [0.25, 0.3) is 0 Å². The van der Waals surface area contributed by atoms with Crippen molar-refractivity contribution in [3.63, 3.8) is 0 Å². The normalized spacial score (nSPS) is 15.7. The quantitative estimate of drug-likeness (QED) is 0.932. The van der Waals surface area contributed by atoms with Crippen LogP contribution >= 0.6 is 0 Å². The van der Waals surface area contributed by atoms with Crippen LogP contribution in [-0.4, -0.2) is 37.1 Å². The monoisotopic (exact) mass is 304 g/mol. The third-order valence-corrected chi connectivity index (χ3v) is 4.14. The summed E-state index contributed by atoms with van der Waals surface area (Å²) in [4.78, 5) is 25.5. The Labute approximate surface area is 131 Å². The summed E-state index contributed by atoms with van der Waals surface area (Å²) in [5, 5.41) is 3.05. The molecule has 0 radical (unpaired) electrons. The Balaban J connectivity index is 1.96. The molecule has 1 heterocycles. The van der Waals surface area contributed by atoms with Crippen molar-refractivity contribution in [1.82, 2.24) is 4.90 Å². The zero-order valence-corrected chi connectivity index (χ0v) is 13.5. The van der Waals surface area contributed by atoms with E-state index in [2.05, 4.69) is 19.2 Å². The Kier molecular flexibility index (Phi) is 5.41. The Morgan fingerprint density at radius 3 is 2.45 bits per heavy atom. The molecule has 0 saturated carbocycles. The number of carbonyl (C=O) groups excluding carboxylic acids is 2. The number of para-hydroxylation sites is 1. The second-order valence-corrected chi connectivity index (χ2v) is 5.96. The molecule has 1 fully saturated rings. The van der Waals surface area contributed by atoms with Crippen LogP contribution < -0.4 is 5.32 Å². The van der Waals surface area contributed by atoms with E-state index in [0.717, 1.165) is 11.3 Å². The zero-order chi connectivity index (χ0) is 16.1. The average Bonchev–Trinajstić information content (AvgIpc) is 2.54. The van der Waals surface area contributed by atoms with Crippen molar-refractivity contribution < 1.29 is 14.3 Å². The van der Waals surface area contributed by atoms with Crippen molar-refractivity contribution in [2.45, 2.75) is 32.6 Å². The molecule has 1 N–H and O–H groups in total. The van der Waals surface area contributed by atoms with Crippen molar-refractivity contribution in [2.75, 3.05) is 25.5 Å². The van der Waals surface area contributed by atoms with E-state index in [0.29, 0.717) is 31.8 Å². The number of amides is 2.